The highest BCUT2D eigenvalue weighted by atomic mass is 32.2. The van der Waals surface area contributed by atoms with Gasteiger partial charge in [0.2, 0.25) is 5.91 Å². The predicted octanol–water partition coefficient (Wildman–Crippen LogP) is 3.70. The Hall–Kier alpha value is -1.89. The Bertz CT molecular complexity index is 798. The Balaban J connectivity index is 1.66. The first-order chi connectivity index (χ1) is 13.0. The van der Waals surface area contributed by atoms with Gasteiger partial charge in [-0.15, -0.1) is 0 Å². The van der Waals surface area contributed by atoms with E-state index in [1.807, 2.05) is 6.92 Å². The second-order valence-electron chi connectivity index (χ2n) is 7.55. The summed E-state index contributed by atoms with van der Waals surface area (Å²) >= 11 is 0. The maximum absolute atomic E-state index is 12.7. The number of nitrogens with one attached hydrogen (secondary N) is 2. The van der Waals surface area contributed by atoms with Crippen molar-refractivity contribution in [3.8, 4) is 0 Å². The molecule has 1 aromatic carbocycles. The molecule has 1 aliphatic carbocycles. The Labute approximate surface area is 161 Å². The molecule has 0 radical (unpaired) electrons. The minimum atomic E-state index is -3.68. The second kappa shape index (κ2) is 8.87. The molecule has 2 N–H and O–H groups in total. The minimum Gasteiger partial charge on any atom is -0.326 e. The first-order valence-electron chi connectivity index (χ1n) is 9.95. The molecule has 1 aliphatic heterocycles. The average Bonchev–Trinajstić information content (AvgIpc) is 3.33. The molecule has 7 heteroatoms. The Morgan fingerprint density at radius 1 is 1.26 bits per heavy atom. The molecule has 1 unspecified atom stereocenters. The van der Waals surface area contributed by atoms with Crippen molar-refractivity contribution in [1.82, 2.24) is 4.72 Å². The normalized spacial score (nSPS) is 18.9. The molecule has 0 spiro atoms. The van der Waals surface area contributed by atoms with Crippen LogP contribution in [0.15, 0.2) is 34.2 Å². The molecular formula is C20H29N3O3S. The fourth-order valence-corrected chi connectivity index (χ4v) is 5.06. The van der Waals surface area contributed by atoms with Gasteiger partial charge < -0.3 is 5.32 Å². The number of benzene rings is 1. The van der Waals surface area contributed by atoms with Gasteiger partial charge in [0.1, 0.15) is 5.84 Å². The number of sulfonamides is 1. The molecule has 6 nitrogen and oxygen atoms in total. The van der Waals surface area contributed by atoms with Crippen molar-refractivity contribution >= 4 is 27.5 Å². The summed E-state index contributed by atoms with van der Waals surface area (Å²) in [5.74, 6) is 1.10. The predicted molar refractivity (Wildman–Crippen MR) is 107 cm³/mol. The molecule has 1 fully saturated rings. The van der Waals surface area contributed by atoms with Crippen LogP contribution in [0.4, 0.5) is 5.69 Å². The molecule has 1 atom stereocenters. The minimum absolute atomic E-state index is 0.0212. The molecule has 0 bridgehead atoms. The van der Waals surface area contributed by atoms with Crippen molar-refractivity contribution in [3.63, 3.8) is 0 Å². The van der Waals surface area contributed by atoms with E-state index in [1.165, 1.54) is 37.8 Å². The molecule has 1 saturated carbocycles. The molecular weight excluding hydrogens is 362 g/mol. The first-order valence-corrected chi connectivity index (χ1v) is 11.4. The van der Waals surface area contributed by atoms with Crippen LogP contribution in [0, 0.1) is 11.8 Å². The van der Waals surface area contributed by atoms with Gasteiger partial charge in [0, 0.05) is 24.6 Å². The van der Waals surface area contributed by atoms with Crippen molar-refractivity contribution < 1.29 is 13.2 Å². The number of carbonyl (C=O) groups is 1. The van der Waals surface area contributed by atoms with E-state index in [0.717, 1.165) is 19.3 Å². The number of amidine groups is 1. The smallest absolute Gasteiger partial charge is 0.262 e. The zero-order valence-electron chi connectivity index (χ0n) is 15.9. The summed E-state index contributed by atoms with van der Waals surface area (Å²) in [5.41, 5.74) is 0.515. The van der Waals surface area contributed by atoms with Gasteiger partial charge in [-0.25, -0.2) is 8.42 Å². The summed E-state index contributed by atoms with van der Waals surface area (Å²) in [6.07, 6.45) is 8.19. The zero-order valence-corrected chi connectivity index (χ0v) is 16.7. The molecule has 1 amide bonds. The van der Waals surface area contributed by atoms with Gasteiger partial charge in [0.15, 0.2) is 0 Å². The lowest BCUT2D eigenvalue weighted by molar-refractivity contribution is -0.120. The molecule has 2 aliphatic rings. The lowest BCUT2D eigenvalue weighted by atomic mass is 9.91. The lowest BCUT2D eigenvalue weighted by Gasteiger charge is -2.19. The molecule has 3 rings (SSSR count). The van der Waals surface area contributed by atoms with Crippen LogP contribution in [0.25, 0.3) is 0 Å². The third kappa shape index (κ3) is 5.31. The van der Waals surface area contributed by atoms with Crippen molar-refractivity contribution in [2.45, 2.75) is 63.2 Å². The van der Waals surface area contributed by atoms with E-state index in [0.29, 0.717) is 30.4 Å². The summed E-state index contributed by atoms with van der Waals surface area (Å²) in [6.45, 7) is 2.69. The average molecular weight is 392 g/mol. The summed E-state index contributed by atoms with van der Waals surface area (Å²) in [6, 6.07) is 6.42. The van der Waals surface area contributed by atoms with Crippen LogP contribution in [0.2, 0.25) is 0 Å². The number of hydrogen-bond donors (Lipinski definition) is 2. The van der Waals surface area contributed by atoms with Gasteiger partial charge in [-0.2, -0.15) is 0 Å². The monoisotopic (exact) mass is 391 g/mol. The number of hydrogen-bond acceptors (Lipinski definition) is 4. The van der Waals surface area contributed by atoms with Gasteiger partial charge in [0.25, 0.3) is 10.0 Å². The molecule has 1 heterocycles. The number of nitrogens with zero attached hydrogens (tertiary/aromatic N) is 1. The van der Waals surface area contributed by atoms with Crippen molar-refractivity contribution in [3.05, 3.63) is 24.3 Å². The number of rotatable bonds is 7. The van der Waals surface area contributed by atoms with E-state index in [1.54, 1.807) is 12.1 Å². The Morgan fingerprint density at radius 3 is 2.70 bits per heavy atom. The maximum atomic E-state index is 12.7. The maximum Gasteiger partial charge on any atom is 0.262 e. The molecule has 148 valence electrons. The number of amides is 1. The fourth-order valence-electron chi connectivity index (χ4n) is 3.93. The number of anilines is 1. The van der Waals surface area contributed by atoms with Gasteiger partial charge in [0.05, 0.1) is 4.90 Å². The van der Waals surface area contributed by atoms with Gasteiger partial charge >= 0.3 is 0 Å². The number of carbonyl (C=O) groups excluding carboxylic acids is 1. The van der Waals surface area contributed by atoms with Gasteiger partial charge in [-0.05, 0) is 43.4 Å². The fraction of sp³-hybridized carbons (Fsp3) is 0.600. The van der Waals surface area contributed by atoms with Crippen molar-refractivity contribution in [1.29, 1.82) is 0 Å². The third-order valence-corrected chi connectivity index (χ3v) is 6.87. The van der Waals surface area contributed by atoms with Crippen LogP contribution in [0.3, 0.4) is 0 Å². The van der Waals surface area contributed by atoms with Crippen LogP contribution in [0.1, 0.15) is 58.3 Å². The standard InChI is InChI=1S/C20H29N3O3S/c1-2-16(13-15-7-3-4-8-15)20(24)22-17-9-5-10-18(14-17)27(25,26)23-19-11-6-12-21-19/h5,9-10,14-16H,2-4,6-8,11-13H2,1H3,(H,21,23)(H,22,24). The molecule has 0 aromatic heterocycles. The zero-order chi connectivity index (χ0) is 19.3. The number of aliphatic imine (C=N–C) groups is 1. The highest BCUT2D eigenvalue weighted by Crippen LogP contribution is 2.31. The summed E-state index contributed by atoms with van der Waals surface area (Å²) < 4.78 is 27.6. The van der Waals surface area contributed by atoms with E-state index < -0.39 is 10.0 Å². The third-order valence-electron chi connectivity index (χ3n) is 5.49. The lowest BCUT2D eigenvalue weighted by Crippen LogP contribution is -2.29. The van der Waals surface area contributed by atoms with E-state index in [9.17, 15) is 13.2 Å². The quantitative estimate of drug-likeness (QED) is 0.743. The van der Waals surface area contributed by atoms with E-state index in [2.05, 4.69) is 15.0 Å². The largest absolute Gasteiger partial charge is 0.326 e. The first kappa shape index (κ1) is 19.9. The van der Waals surface area contributed by atoms with Crippen molar-refractivity contribution in [2.24, 2.45) is 16.8 Å². The Kier molecular flexibility index (Phi) is 6.52. The van der Waals surface area contributed by atoms with E-state index in [4.69, 9.17) is 0 Å². The van der Waals surface area contributed by atoms with Crippen LogP contribution in [-0.2, 0) is 14.8 Å². The Morgan fingerprint density at radius 2 is 2.04 bits per heavy atom. The highest BCUT2D eigenvalue weighted by Gasteiger charge is 2.24. The van der Waals surface area contributed by atoms with Gasteiger partial charge in [-0.3, -0.25) is 14.5 Å². The van der Waals surface area contributed by atoms with Gasteiger partial charge in [-0.1, -0.05) is 38.7 Å². The second-order valence-corrected chi connectivity index (χ2v) is 9.23. The molecule has 1 aromatic rings. The highest BCUT2D eigenvalue weighted by molar-refractivity contribution is 7.90. The topological polar surface area (TPSA) is 87.6 Å². The van der Waals surface area contributed by atoms with Crippen LogP contribution >= 0.6 is 0 Å². The molecule has 0 saturated heterocycles. The summed E-state index contributed by atoms with van der Waals surface area (Å²) in [4.78, 5) is 17.0. The van der Waals surface area contributed by atoms with E-state index in [-0.39, 0.29) is 16.7 Å². The SMILES string of the molecule is CCC(CC1CCCC1)C(=O)Nc1cccc(S(=O)(=O)NC2=NCCC2)c1. The molecule has 27 heavy (non-hydrogen) atoms. The summed E-state index contributed by atoms with van der Waals surface area (Å²) in [5, 5.41) is 2.91. The van der Waals surface area contributed by atoms with E-state index >= 15 is 0 Å². The van der Waals surface area contributed by atoms with Crippen LogP contribution in [-0.4, -0.2) is 26.7 Å². The summed E-state index contributed by atoms with van der Waals surface area (Å²) in [7, 11) is -3.68. The van der Waals surface area contributed by atoms with Crippen LogP contribution in [0.5, 0.6) is 0 Å². The van der Waals surface area contributed by atoms with Crippen LogP contribution < -0.4 is 10.0 Å². The van der Waals surface area contributed by atoms with Crippen molar-refractivity contribution in [2.75, 3.05) is 11.9 Å².